The summed E-state index contributed by atoms with van der Waals surface area (Å²) in [6.07, 6.45) is 2.31. The van der Waals surface area contributed by atoms with Gasteiger partial charge in [0.05, 0.1) is 6.61 Å². The van der Waals surface area contributed by atoms with Gasteiger partial charge in [-0.15, -0.1) is 0 Å². The van der Waals surface area contributed by atoms with Crippen LogP contribution < -0.4 is 15.4 Å². The fourth-order valence-electron chi connectivity index (χ4n) is 1.95. The van der Waals surface area contributed by atoms with Crippen LogP contribution in [0.25, 0.3) is 0 Å². The van der Waals surface area contributed by atoms with Gasteiger partial charge in [-0.1, -0.05) is 0 Å². The highest BCUT2D eigenvalue weighted by molar-refractivity contribution is 5.79. The van der Waals surface area contributed by atoms with Crippen molar-refractivity contribution in [3.8, 4) is 5.75 Å². The summed E-state index contributed by atoms with van der Waals surface area (Å²) >= 11 is 0. The van der Waals surface area contributed by atoms with Gasteiger partial charge >= 0.3 is 0 Å². The van der Waals surface area contributed by atoms with Crippen molar-refractivity contribution in [2.45, 2.75) is 19.9 Å². The van der Waals surface area contributed by atoms with E-state index in [0.29, 0.717) is 25.4 Å². The Kier molecular flexibility index (Phi) is 7.00. The van der Waals surface area contributed by atoms with Crippen molar-refractivity contribution in [3.63, 3.8) is 0 Å². The molecule has 0 atom stereocenters. The molecular weight excluding hydrogens is 311 g/mol. The summed E-state index contributed by atoms with van der Waals surface area (Å²) in [6, 6.07) is 6.01. The van der Waals surface area contributed by atoms with E-state index in [1.807, 2.05) is 14.0 Å². The standard InChI is InChI=1S/C16H23FN6O/c1-3-18-16(20-11-15-21-12-22-23(15)2)19-9-4-10-24-14-7-5-13(17)6-8-14/h5-8,12H,3-4,9-11H2,1-2H3,(H2,18,19,20). The molecule has 0 saturated carbocycles. The average molecular weight is 334 g/mol. The number of ether oxygens (including phenoxy) is 1. The molecule has 0 unspecified atom stereocenters. The number of aromatic nitrogens is 3. The van der Waals surface area contributed by atoms with Crippen molar-refractivity contribution >= 4 is 5.96 Å². The Morgan fingerprint density at radius 3 is 2.75 bits per heavy atom. The second-order valence-corrected chi connectivity index (χ2v) is 5.08. The highest BCUT2D eigenvalue weighted by Crippen LogP contribution is 2.10. The number of guanidine groups is 1. The van der Waals surface area contributed by atoms with Crippen LogP contribution in [0.4, 0.5) is 4.39 Å². The Morgan fingerprint density at radius 2 is 2.08 bits per heavy atom. The van der Waals surface area contributed by atoms with E-state index in [-0.39, 0.29) is 5.82 Å². The Balaban J connectivity index is 1.71. The molecule has 0 spiro atoms. The molecule has 0 fully saturated rings. The SMILES string of the molecule is CCNC(=NCc1ncnn1C)NCCCOc1ccc(F)cc1. The van der Waals surface area contributed by atoms with Crippen LogP contribution in [-0.2, 0) is 13.6 Å². The summed E-state index contributed by atoms with van der Waals surface area (Å²) in [4.78, 5) is 8.61. The number of nitrogens with zero attached hydrogens (tertiary/aromatic N) is 4. The van der Waals surface area contributed by atoms with Crippen LogP contribution in [0.3, 0.4) is 0 Å². The molecule has 24 heavy (non-hydrogen) atoms. The number of benzene rings is 1. The molecule has 1 aromatic heterocycles. The lowest BCUT2D eigenvalue weighted by Gasteiger charge is -2.11. The molecule has 0 aliphatic carbocycles. The van der Waals surface area contributed by atoms with Gasteiger partial charge in [0.2, 0.25) is 0 Å². The smallest absolute Gasteiger partial charge is 0.191 e. The molecular formula is C16H23FN6O. The fraction of sp³-hybridized carbons (Fsp3) is 0.438. The molecule has 0 amide bonds. The van der Waals surface area contributed by atoms with Crippen LogP contribution in [-0.4, -0.2) is 40.4 Å². The van der Waals surface area contributed by atoms with Crippen LogP contribution in [0.15, 0.2) is 35.6 Å². The molecule has 130 valence electrons. The first-order chi connectivity index (χ1) is 11.7. The first-order valence-corrected chi connectivity index (χ1v) is 7.92. The second kappa shape index (κ2) is 9.49. The number of rotatable bonds is 8. The van der Waals surface area contributed by atoms with E-state index in [2.05, 4.69) is 25.7 Å². The summed E-state index contributed by atoms with van der Waals surface area (Å²) in [5.41, 5.74) is 0. The van der Waals surface area contributed by atoms with Crippen LogP contribution in [0.1, 0.15) is 19.2 Å². The zero-order valence-electron chi connectivity index (χ0n) is 14.0. The molecule has 0 bridgehead atoms. The topological polar surface area (TPSA) is 76.4 Å². The lowest BCUT2D eigenvalue weighted by molar-refractivity contribution is 0.310. The minimum atomic E-state index is -0.265. The Morgan fingerprint density at radius 1 is 1.29 bits per heavy atom. The number of nitrogens with one attached hydrogen (secondary N) is 2. The minimum Gasteiger partial charge on any atom is -0.494 e. The Bertz CT molecular complexity index is 640. The normalized spacial score (nSPS) is 11.4. The Hall–Kier alpha value is -2.64. The van der Waals surface area contributed by atoms with Crippen molar-refractivity contribution in [1.82, 2.24) is 25.4 Å². The number of aryl methyl sites for hydroxylation is 1. The average Bonchev–Trinajstić information content (AvgIpc) is 2.99. The highest BCUT2D eigenvalue weighted by atomic mass is 19.1. The van der Waals surface area contributed by atoms with Crippen molar-refractivity contribution in [2.75, 3.05) is 19.7 Å². The zero-order chi connectivity index (χ0) is 17.2. The van der Waals surface area contributed by atoms with Gasteiger partial charge in [-0.2, -0.15) is 5.10 Å². The molecule has 0 aliphatic heterocycles. The van der Waals surface area contributed by atoms with Crippen LogP contribution in [0.2, 0.25) is 0 Å². The van der Waals surface area contributed by atoms with Crippen LogP contribution >= 0.6 is 0 Å². The molecule has 2 aromatic rings. The number of hydrogen-bond acceptors (Lipinski definition) is 4. The molecule has 7 nitrogen and oxygen atoms in total. The van der Waals surface area contributed by atoms with Gasteiger partial charge in [-0.25, -0.2) is 14.4 Å². The van der Waals surface area contributed by atoms with Gasteiger partial charge in [0.25, 0.3) is 0 Å². The predicted molar refractivity (Wildman–Crippen MR) is 90.3 cm³/mol. The molecule has 0 aliphatic rings. The van der Waals surface area contributed by atoms with E-state index < -0.39 is 0 Å². The maximum Gasteiger partial charge on any atom is 0.191 e. The molecule has 2 N–H and O–H groups in total. The predicted octanol–water partition coefficient (Wildman–Crippen LogP) is 1.48. The second-order valence-electron chi connectivity index (χ2n) is 5.08. The van der Waals surface area contributed by atoms with E-state index in [9.17, 15) is 4.39 Å². The van der Waals surface area contributed by atoms with E-state index in [0.717, 1.165) is 24.7 Å². The van der Waals surface area contributed by atoms with Crippen molar-refractivity contribution < 1.29 is 9.13 Å². The van der Waals surface area contributed by atoms with E-state index in [1.165, 1.54) is 18.5 Å². The highest BCUT2D eigenvalue weighted by Gasteiger charge is 2.01. The van der Waals surface area contributed by atoms with Crippen molar-refractivity contribution in [2.24, 2.45) is 12.0 Å². The first kappa shape index (κ1) is 17.7. The summed E-state index contributed by atoms with van der Waals surface area (Å²) in [5, 5.41) is 10.4. The largest absolute Gasteiger partial charge is 0.494 e. The summed E-state index contributed by atoms with van der Waals surface area (Å²) in [6.45, 7) is 4.50. The maximum absolute atomic E-state index is 12.8. The van der Waals surface area contributed by atoms with Gasteiger partial charge < -0.3 is 15.4 Å². The van der Waals surface area contributed by atoms with Crippen LogP contribution in [0.5, 0.6) is 5.75 Å². The molecule has 2 rings (SSSR count). The number of hydrogen-bond donors (Lipinski definition) is 2. The molecule has 8 heteroatoms. The van der Waals surface area contributed by atoms with Gasteiger partial charge in [0.15, 0.2) is 5.96 Å². The Labute approximate surface area is 141 Å². The van der Waals surface area contributed by atoms with Crippen molar-refractivity contribution in [3.05, 3.63) is 42.2 Å². The van der Waals surface area contributed by atoms with E-state index >= 15 is 0 Å². The summed E-state index contributed by atoms with van der Waals surface area (Å²) < 4.78 is 20.0. The third-order valence-corrected chi connectivity index (χ3v) is 3.22. The molecule has 0 saturated heterocycles. The number of halogens is 1. The first-order valence-electron chi connectivity index (χ1n) is 7.92. The lowest BCUT2D eigenvalue weighted by atomic mass is 10.3. The fourth-order valence-corrected chi connectivity index (χ4v) is 1.95. The molecule has 0 radical (unpaired) electrons. The van der Waals surface area contributed by atoms with Gasteiger partial charge in [0, 0.05) is 20.1 Å². The van der Waals surface area contributed by atoms with Crippen molar-refractivity contribution in [1.29, 1.82) is 0 Å². The number of aliphatic imine (C=N–C) groups is 1. The quantitative estimate of drug-likeness (QED) is 0.434. The van der Waals surface area contributed by atoms with E-state index in [1.54, 1.807) is 16.8 Å². The summed E-state index contributed by atoms with van der Waals surface area (Å²) in [5.74, 6) is 1.92. The van der Waals surface area contributed by atoms with Gasteiger partial charge in [-0.3, -0.25) is 4.68 Å². The molecule has 1 heterocycles. The lowest BCUT2D eigenvalue weighted by Crippen LogP contribution is -2.38. The van der Waals surface area contributed by atoms with E-state index in [4.69, 9.17) is 4.74 Å². The third-order valence-electron chi connectivity index (χ3n) is 3.22. The maximum atomic E-state index is 12.8. The molecule has 1 aromatic carbocycles. The van der Waals surface area contributed by atoms with Crippen LogP contribution in [0, 0.1) is 5.82 Å². The van der Waals surface area contributed by atoms with Gasteiger partial charge in [0.1, 0.15) is 30.3 Å². The third kappa shape index (κ3) is 5.86. The minimum absolute atomic E-state index is 0.265. The summed E-state index contributed by atoms with van der Waals surface area (Å²) in [7, 11) is 1.84. The monoisotopic (exact) mass is 334 g/mol. The zero-order valence-corrected chi connectivity index (χ0v) is 14.0. The van der Waals surface area contributed by atoms with Gasteiger partial charge in [-0.05, 0) is 37.6 Å².